The summed E-state index contributed by atoms with van der Waals surface area (Å²) in [5.41, 5.74) is 13.3. The Bertz CT molecular complexity index is 834. The summed E-state index contributed by atoms with van der Waals surface area (Å²) in [4.78, 5) is 5.88. The molecule has 0 saturated heterocycles. The minimum atomic E-state index is 0.0000337. The Kier molecular flexibility index (Phi) is 3.62. The van der Waals surface area contributed by atoms with Crippen LogP contribution < -0.4 is 5.73 Å². The summed E-state index contributed by atoms with van der Waals surface area (Å²) < 4.78 is 2.24. The van der Waals surface area contributed by atoms with Gasteiger partial charge in [-0.25, -0.2) is 4.98 Å². The van der Waals surface area contributed by atoms with Gasteiger partial charge >= 0.3 is 0 Å². The van der Waals surface area contributed by atoms with Crippen molar-refractivity contribution in [1.82, 2.24) is 9.38 Å². The second kappa shape index (κ2) is 5.21. The number of rotatable bonds is 2. The van der Waals surface area contributed by atoms with E-state index >= 15 is 0 Å². The van der Waals surface area contributed by atoms with Crippen molar-refractivity contribution in [2.75, 3.05) is 0 Å². The molecule has 22 heavy (non-hydrogen) atoms. The van der Waals surface area contributed by atoms with Crippen molar-refractivity contribution >= 4 is 16.3 Å². The highest BCUT2D eigenvalue weighted by Gasteiger charge is 2.25. The monoisotopic (exact) mass is 313 g/mol. The van der Waals surface area contributed by atoms with Crippen LogP contribution in [0.15, 0.2) is 23.6 Å². The quantitative estimate of drug-likeness (QED) is 0.760. The second-order valence-corrected chi connectivity index (χ2v) is 7.76. The van der Waals surface area contributed by atoms with E-state index in [1.807, 2.05) is 0 Å². The number of imidazole rings is 1. The summed E-state index contributed by atoms with van der Waals surface area (Å²) in [5, 5.41) is 2.19. The molecular formula is C18H23N3S. The zero-order chi connectivity index (χ0) is 16.1. The van der Waals surface area contributed by atoms with Gasteiger partial charge in [0.05, 0.1) is 17.1 Å². The van der Waals surface area contributed by atoms with Crippen LogP contribution >= 0.6 is 11.3 Å². The van der Waals surface area contributed by atoms with Gasteiger partial charge in [0.2, 0.25) is 0 Å². The van der Waals surface area contributed by atoms with E-state index in [2.05, 4.69) is 62.6 Å². The molecule has 4 heteroatoms. The molecule has 2 aromatic heterocycles. The maximum absolute atomic E-state index is 6.07. The highest BCUT2D eigenvalue weighted by Crippen LogP contribution is 2.34. The Morgan fingerprint density at radius 2 is 1.95 bits per heavy atom. The number of aryl methyl sites for hydroxylation is 2. The Hall–Kier alpha value is -1.65. The van der Waals surface area contributed by atoms with Crippen molar-refractivity contribution in [3.63, 3.8) is 0 Å². The van der Waals surface area contributed by atoms with E-state index in [0.717, 1.165) is 16.3 Å². The molecule has 0 amide bonds. The number of fused-ring (bicyclic) bond motifs is 1. The molecule has 0 aliphatic rings. The maximum atomic E-state index is 6.07. The van der Waals surface area contributed by atoms with Gasteiger partial charge < -0.3 is 5.73 Å². The summed E-state index contributed by atoms with van der Waals surface area (Å²) in [6.45, 7) is 11.4. The third-order valence-corrected chi connectivity index (χ3v) is 4.85. The first-order valence-corrected chi connectivity index (χ1v) is 8.48. The minimum absolute atomic E-state index is 0.0000337. The Morgan fingerprint density at radius 3 is 2.55 bits per heavy atom. The van der Waals surface area contributed by atoms with E-state index in [-0.39, 0.29) is 5.41 Å². The predicted molar refractivity (Wildman–Crippen MR) is 94.6 cm³/mol. The Labute approximate surface area is 135 Å². The number of aromatic nitrogens is 2. The van der Waals surface area contributed by atoms with Gasteiger partial charge in [0, 0.05) is 22.9 Å². The van der Waals surface area contributed by atoms with Crippen LogP contribution in [0.1, 0.15) is 43.3 Å². The molecule has 0 bridgehead atoms. The van der Waals surface area contributed by atoms with Crippen LogP contribution in [0.2, 0.25) is 0 Å². The summed E-state index contributed by atoms with van der Waals surface area (Å²) in [7, 11) is 0. The average molecular weight is 313 g/mol. The summed E-state index contributed by atoms with van der Waals surface area (Å²) in [5.74, 6) is 0. The zero-order valence-corrected chi connectivity index (χ0v) is 14.7. The zero-order valence-electron chi connectivity index (χ0n) is 13.9. The number of benzene rings is 1. The number of nitrogens with zero attached hydrogens (tertiary/aromatic N) is 2. The van der Waals surface area contributed by atoms with E-state index < -0.39 is 0 Å². The fourth-order valence-electron chi connectivity index (χ4n) is 2.99. The van der Waals surface area contributed by atoms with E-state index in [1.165, 1.54) is 22.4 Å². The molecule has 3 nitrogen and oxygen atoms in total. The number of hydrogen-bond acceptors (Lipinski definition) is 3. The Morgan fingerprint density at radius 1 is 1.23 bits per heavy atom. The molecule has 0 fully saturated rings. The van der Waals surface area contributed by atoms with Crippen LogP contribution in [-0.4, -0.2) is 9.38 Å². The Balaban J connectivity index is 2.30. The third-order valence-electron chi connectivity index (χ3n) is 4.02. The lowest BCUT2D eigenvalue weighted by Gasteiger charge is -2.17. The van der Waals surface area contributed by atoms with Crippen LogP contribution in [0.25, 0.3) is 16.2 Å². The largest absolute Gasteiger partial charge is 0.325 e. The van der Waals surface area contributed by atoms with Crippen molar-refractivity contribution in [3.05, 3.63) is 46.1 Å². The molecule has 0 aliphatic carbocycles. The summed E-state index contributed by atoms with van der Waals surface area (Å²) in [6, 6.07) is 6.58. The lowest BCUT2D eigenvalue weighted by atomic mass is 9.90. The normalized spacial score (nSPS) is 12.3. The van der Waals surface area contributed by atoms with Gasteiger partial charge in [-0.2, -0.15) is 0 Å². The highest BCUT2D eigenvalue weighted by molar-refractivity contribution is 7.15. The van der Waals surface area contributed by atoms with Crippen LogP contribution in [0, 0.1) is 13.8 Å². The van der Waals surface area contributed by atoms with E-state index in [9.17, 15) is 0 Å². The first kappa shape index (κ1) is 15.3. The molecule has 0 unspecified atom stereocenters. The number of hydrogen-bond donors (Lipinski definition) is 1. The molecule has 3 aromatic rings. The van der Waals surface area contributed by atoms with Gasteiger partial charge in [-0.1, -0.05) is 44.5 Å². The summed E-state index contributed by atoms with van der Waals surface area (Å²) in [6.07, 6.45) is 0. The molecule has 2 N–H and O–H groups in total. The molecule has 1 aromatic carbocycles. The fourth-order valence-corrected chi connectivity index (χ4v) is 3.90. The van der Waals surface area contributed by atoms with Crippen LogP contribution in [0.3, 0.4) is 0 Å². The van der Waals surface area contributed by atoms with Gasteiger partial charge in [-0.05, 0) is 19.4 Å². The molecule has 116 valence electrons. The molecule has 2 heterocycles. The lowest BCUT2D eigenvalue weighted by molar-refractivity contribution is 0.564. The standard InChI is InChI=1S/C18H23N3S/c1-11-6-7-13(12(2)8-11)15-10-22-17-20-16(18(3,4)5)14(9-19)21(15)17/h6-8,10H,9,19H2,1-5H3. The van der Waals surface area contributed by atoms with Gasteiger partial charge in [0.25, 0.3) is 0 Å². The molecule has 0 saturated carbocycles. The molecule has 0 radical (unpaired) electrons. The van der Waals surface area contributed by atoms with Gasteiger partial charge in [0.15, 0.2) is 4.96 Å². The van der Waals surface area contributed by atoms with Crippen molar-refractivity contribution < 1.29 is 0 Å². The maximum Gasteiger partial charge on any atom is 0.194 e. The van der Waals surface area contributed by atoms with Crippen LogP contribution in [0.4, 0.5) is 0 Å². The molecule has 0 aliphatic heterocycles. The molecule has 0 spiro atoms. The number of thiazole rings is 1. The SMILES string of the molecule is Cc1ccc(-c2csc3nc(C(C)(C)C)c(CN)n23)c(C)c1. The van der Waals surface area contributed by atoms with Gasteiger partial charge in [-0.3, -0.25) is 4.40 Å². The molecular weight excluding hydrogens is 290 g/mol. The molecule has 3 rings (SSSR count). The van der Waals surface area contributed by atoms with Gasteiger partial charge in [0.1, 0.15) is 0 Å². The predicted octanol–water partition coefficient (Wildman–Crippen LogP) is 4.44. The van der Waals surface area contributed by atoms with Crippen LogP contribution in [-0.2, 0) is 12.0 Å². The average Bonchev–Trinajstić information content (AvgIpc) is 2.97. The first-order valence-electron chi connectivity index (χ1n) is 7.60. The van der Waals surface area contributed by atoms with E-state index in [1.54, 1.807) is 11.3 Å². The molecule has 0 atom stereocenters. The van der Waals surface area contributed by atoms with E-state index in [4.69, 9.17) is 10.7 Å². The van der Waals surface area contributed by atoms with Gasteiger partial charge in [-0.15, -0.1) is 11.3 Å². The minimum Gasteiger partial charge on any atom is -0.325 e. The van der Waals surface area contributed by atoms with Crippen molar-refractivity contribution in [2.45, 2.75) is 46.6 Å². The first-order chi connectivity index (χ1) is 10.3. The number of nitrogens with two attached hydrogens (primary N) is 1. The topological polar surface area (TPSA) is 43.3 Å². The second-order valence-electron chi connectivity index (χ2n) is 6.92. The summed E-state index contributed by atoms with van der Waals surface area (Å²) >= 11 is 1.68. The van der Waals surface area contributed by atoms with Crippen molar-refractivity contribution in [3.8, 4) is 11.3 Å². The smallest absolute Gasteiger partial charge is 0.194 e. The van der Waals surface area contributed by atoms with Crippen molar-refractivity contribution in [1.29, 1.82) is 0 Å². The third kappa shape index (κ3) is 2.36. The fraction of sp³-hybridized carbons (Fsp3) is 0.389. The lowest BCUT2D eigenvalue weighted by Crippen LogP contribution is -2.17. The van der Waals surface area contributed by atoms with Crippen molar-refractivity contribution in [2.24, 2.45) is 5.73 Å². The van der Waals surface area contributed by atoms with Crippen LogP contribution in [0.5, 0.6) is 0 Å². The highest BCUT2D eigenvalue weighted by atomic mass is 32.1. The van der Waals surface area contributed by atoms with E-state index in [0.29, 0.717) is 6.54 Å².